The second-order valence-corrected chi connectivity index (χ2v) is 7.93. The summed E-state index contributed by atoms with van der Waals surface area (Å²) in [4.78, 5) is 28.0. The molecule has 1 N–H and O–H groups in total. The molecule has 0 saturated heterocycles. The molecule has 0 aliphatic heterocycles. The molecule has 9 heteroatoms. The standard InChI is InChI=1S/C24H14BrN3O5/c25-17-7-3-1-5-15(17)24-27-18-13-14(9-10-21(18)33-24)26-23(29)22-12-11-20(32-22)16-6-2-4-8-19(16)28(30)31/h1-13H,(H,26,29). The van der Waals surface area contributed by atoms with E-state index in [2.05, 4.69) is 26.2 Å². The third kappa shape index (κ3) is 4.01. The number of nitrogens with one attached hydrogen (secondary N) is 1. The van der Waals surface area contributed by atoms with Crippen molar-refractivity contribution in [2.45, 2.75) is 0 Å². The maximum Gasteiger partial charge on any atom is 0.291 e. The monoisotopic (exact) mass is 503 g/mol. The van der Waals surface area contributed by atoms with Crippen LogP contribution in [0.25, 0.3) is 33.9 Å². The lowest BCUT2D eigenvalue weighted by Crippen LogP contribution is -2.10. The summed E-state index contributed by atoms with van der Waals surface area (Å²) in [6, 6.07) is 21.9. The number of furan rings is 1. The van der Waals surface area contributed by atoms with Crippen molar-refractivity contribution in [2.24, 2.45) is 0 Å². The van der Waals surface area contributed by atoms with E-state index in [4.69, 9.17) is 8.83 Å². The predicted octanol–water partition coefficient (Wildman–Crippen LogP) is 6.68. The van der Waals surface area contributed by atoms with Gasteiger partial charge in [0.1, 0.15) is 11.3 Å². The fourth-order valence-corrected chi connectivity index (χ4v) is 3.85. The number of hydrogen-bond acceptors (Lipinski definition) is 6. The molecule has 0 spiro atoms. The van der Waals surface area contributed by atoms with Crippen LogP contribution in [-0.4, -0.2) is 15.8 Å². The van der Waals surface area contributed by atoms with Gasteiger partial charge in [0.05, 0.1) is 16.1 Å². The van der Waals surface area contributed by atoms with Gasteiger partial charge >= 0.3 is 0 Å². The number of para-hydroxylation sites is 1. The molecule has 0 atom stereocenters. The zero-order valence-electron chi connectivity index (χ0n) is 16.8. The fourth-order valence-electron chi connectivity index (χ4n) is 3.39. The largest absolute Gasteiger partial charge is 0.451 e. The number of amides is 1. The number of nitro groups is 1. The third-order valence-corrected chi connectivity index (χ3v) is 5.64. The van der Waals surface area contributed by atoms with E-state index in [9.17, 15) is 14.9 Å². The SMILES string of the molecule is O=C(Nc1ccc2oc(-c3ccccc3Br)nc2c1)c1ccc(-c2ccccc2[N+](=O)[O-])o1. The van der Waals surface area contributed by atoms with Gasteiger partial charge in [-0.25, -0.2) is 4.98 Å². The van der Waals surface area contributed by atoms with Crippen LogP contribution in [0.3, 0.4) is 0 Å². The zero-order chi connectivity index (χ0) is 22.9. The first kappa shape index (κ1) is 20.7. The van der Waals surface area contributed by atoms with Crippen molar-refractivity contribution in [1.29, 1.82) is 0 Å². The highest BCUT2D eigenvalue weighted by molar-refractivity contribution is 9.10. The summed E-state index contributed by atoms with van der Waals surface area (Å²) in [5, 5.41) is 14.0. The summed E-state index contributed by atoms with van der Waals surface area (Å²) in [5.74, 6) is 0.226. The molecule has 0 aliphatic rings. The van der Waals surface area contributed by atoms with E-state index in [1.165, 1.54) is 18.2 Å². The van der Waals surface area contributed by atoms with E-state index < -0.39 is 10.8 Å². The van der Waals surface area contributed by atoms with E-state index in [1.54, 1.807) is 36.4 Å². The number of rotatable bonds is 5. The van der Waals surface area contributed by atoms with Crippen LogP contribution in [0.15, 0.2) is 92.2 Å². The Morgan fingerprint density at radius 3 is 2.48 bits per heavy atom. The predicted molar refractivity (Wildman–Crippen MR) is 126 cm³/mol. The fraction of sp³-hybridized carbons (Fsp3) is 0. The Kier molecular flexibility index (Phi) is 5.23. The Labute approximate surface area is 195 Å². The van der Waals surface area contributed by atoms with Gasteiger partial charge in [-0.1, -0.05) is 24.3 Å². The Morgan fingerprint density at radius 1 is 0.939 bits per heavy atom. The summed E-state index contributed by atoms with van der Waals surface area (Å²) in [6.45, 7) is 0. The van der Waals surface area contributed by atoms with Crippen LogP contribution in [-0.2, 0) is 0 Å². The molecular weight excluding hydrogens is 490 g/mol. The normalized spacial score (nSPS) is 10.9. The molecule has 1 amide bonds. The lowest BCUT2D eigenvalue weighted by atomic mass is 10.1. The number of fused-ring (bicyclic) bond motifs is 1. The van der Waals surface area contributed by atoms with Crippen molar-refractivity contribution >= 4 is 44.3 Å². The van der Waals surface area contributed by atoms with Crippen molar-refractivity contribution in [3.63, 3.8) is 0 Å². The Morgan fingerprint density at radius 2 is 1.70 bits per heavy atom. The average Bonchev–Trinajstić information content (AvgIpc) is 3.46. The topological polar surface area (TPSA) is 111 Å². The van der Waals surface area contributed by atoms with Crippen LogP contribution in [0.4, 0.5) is 11.4 Å². The minimum Gasteiger partial charge on any atom is -0.451 e. The van der Waals surface area contributed by atoms with Crippen molar-refractivity contribution in [3.8, 4) is 22.8 Å². The van der Waals surface area contributed by atoms with Gasteiger partial charge in [0.15, 0.2) is 11.3 Å². The lowest BCUT2D eigenvalue weighted by Gasteiger charge is -2.03. The molecule has 2 heterocycles. The molecule has 0 saturated carbocycles. The highest BCUT2D eigenvalue weighted by Crippen LogP contribution is 2.32. The van der Waals surface area contributed by atoms with Crippen LogP contribution in [0.5, 0.6) is 0 Å². The van der Waals surface area contributed by atoms with Gasteiger partial charge in [-0.2, -0.15) is 0 Å². The quantitative estimate of drug-likeness (QED) is 0.211. The minimum absolute atomic E-state index is 0.0253. The first-order valence-corrected chi connectivity index (χ1v) is 10.6. The maximum atomic E-state index is 12.7. The Hall–Kier alpha value is -4.24. The Balaban J connectivity index is 1.39. The molecule has 5 aromatic rings. The number of carbonyl (C=O) groups is 1. The van der Waals surface area contributed by atoms with Crippen LogP contribution in [0, 0.1) is 10.1 Å². The van der Waals surface area contributed by atoms with Crippen LogP contribution >= 0.6 is 15.9 Å². The number of anilines is 1. The number of nitrogens with zero attached hydrogens (tertiary/aromatic N) is 2. The molecule has 0 bridgehead atoms. The second kappa shape index (κ2) is 8.36. The number of benzene rings is 3. The number of nitro benzene ring substituents is 1. The highest BCUT2D eigenvalue weighted by atomic mass is 79.9. The number of hydrogen-bond donors (Lipinski definition) is 1. The van der Waals surface area contributed by atoms with Gasteiger partial charge < -0.3 is 14.2 Å². The molecule has 2 aromatic heterocycles. The Bertz CT molecular complexity index is 1520. The van der Waals surface area contributed by atoms with Crippen LogP contribution in [0.2, 0.25) is 0 Å². The molecule has 3 aromatic carbocycles. The molecule has 162 valence electrons. The molecule has 0 unspecified atom stereocenters. The maximum absolute atomic E-state index is 12.7. The summed E-state index contributed by atoms with van der Waals surface area (Å²) in [6.07, 6.45) is 0. The van der Waals surface area contributed by atoms with Crippen molar-refractivity contribution in [2.75, 3.05) is 5.32 Å². The summed E-state index contributed by atoms with van der Waals surface area (Å²) >= 11 is 3.49. The van der Waals surface area contributed by atoms with Gasteiger partial charge in [0, 0.05) is 16.2 Å². The molecular formula is C24H14BrN3O5. The number of halogens is 1. The summed E-state index contributed by atoms with van der Waals surface area (Å²) in [7, 11) is 0. The molecule has 0 aliphatic carbocycles. The molecule has 0 fully saturated rings. The lowest BCUT2D eigenvalue weighted by molar-refractivity contribution is -0.384. The first-order valence-electron chi connectivity index (χ1n) is 9.80. The highest BCUT2D eigenvalue weighted by Gasteiger charge is 2.20. The van der Waals surface area contributed by atoms with Gasteiger partial charge in [-0.3, -0.25) is 14.9 Å². The molecule has 8 nitrogen and oxygen atoms in total. The second-order valence-electron chi connectivity index (χ2n) is 7.07. The van der Waals surface area contributed by atoms with Crippen molar-refractivity contribution in [1.82, 2.24) is 4.98 Å². The molecule has 33 heavy (non-hydrogen) atoms. The first-order chi connectivity index (χ1) is 16.0. The van der Waals surface area contributed by atoms with Crippen molar-refractivity contribution < 1.29 is 18.6 Å². The number of carbonyl (C=O) groups excluding carboxylic acids is 1. The van der Waals surface area contributed by atoms with Gasteiger partial charge in [0.2, 0.25) is 5.89 Å². The van der Waals surface area contributed by atoms with E-state index in [0.717, 1.165) is 10.0 Å². The summed E-state index contributed by atoms with van der Waals surface area (Å²) in [5.41, 5.74) is 2.68. The third-order valence-electron chi connectivity index (χ3n) is 4.95. The van der Waals surface area contributed by atoms with Crippen LogP contribution in [0.1, 0.15) is 10.6 Å². The molecule has 5 rings (SSSR count). The smallest absolute Gasteiger partial charge is 0.291 e. The van der Waals surface area contributed by atoms with Gasteiger partial charge in [0.25, 0.3) is 11.6 Å². The average molecular weight is 504 g/mol. The van der Waals surface area contributed by atoms with Gasteiger partial charge in [-0.05, 0) is 64.5 Å². The van der Waals surface area contributed by atoms with E-state index in [1.807, 2.05) is 24.3 Å². The zero-order valence-corrected chi connectivity index (χ0v) is 18.4. The number of oxazole rings is 1. The van der Waals surface area contributed by atoms with Crippen molar-refractivity contribution in [3.05, 3.63) is 99.2 Å². The summed E-state index contributed by atoms with van der Waals surface area (Å²) < 4.78 is 12.3. The van der Waals surface area contributed by atoms with Crippen LogP contribution < -0.4 is 5.32 Å². The van der Waals surface area contributed by atoms with E-state index >= 15 is 0 Å². The molecule has 0 radical (unpaired) electrons. The van der Waals surface area contributed by atoms with E-state index in [-0.39, 0.29) is 17.2 Å². The van der Waals surface area contributed by atoms with Gasteiger partial charge in [-0.15, -0.1) is 0 Å². The van der Waals surface area contributed by atoms with E-state index in [0.29, 0.717) is 28.2 Å². The number of aromatic nitrogens is 1. The minimum atomic E-state index is -0.493.